The standard InChI is InChI=1S/C21H21FN2O2/c1-6-17-10-18(12-19(22)11-17)15(3)24-26-13-21-14(2)8-7-9-20(21)16(4)23-25-5/h1,7-12H,13H2,2-5H3/b23-16-,24-15+. The average Bonchev–Trinajstić information content (AvgIpc) is 2.62. The molecular formula is C21H21FN2O2. The molecule has 4 nitrogen and oxygen atoms in total. The monoisotopic (exact) mass is 352 g/mol. The van der Waals surface area contributed by atoms with E-state index in [1.807, 2.05) is 32.0 Å². The highest BCUT2D eigenvalue weighted by Crippen LogP contribution is 2.17. The first kappa shape index (κ1) is 19.2. The van der Waals surface area contributed by atoms with Gasteiger partial charge in [-0.2, -0.15) is 0 Å². The van der Waals surface area contributed by atoms with E-state index >= 15 is 0 Å². The number of nitrogens with zero attached hydrogens (tertiary/aromatic N) is 2. The quantitative estimate of drug-likeness (QED) is 0.439. The van der Waals surface area contributed by atoms with Gasteiger partial charge in [-0.3, -0.25) is 0 Å². The summed E-state index contributed by atoms with van der Waals surface area (Å²) in [5, 5.41) is 8.09. The Labute approximate surface area is 153 Å². The van der Waals surface area contributed by atoms with Crippen molar-refractivity contribution in [2.75, 3.05) is 7.11 Å². The fourth-order valence-corrected chi connectivity index (χ4v) is 2.55. The van der Waals surface area contributed by atoms with Crippen LogP contribution in [0.3, 0.4) is 0 Å². The molecule has 2 aromatic carbocycles. The molecule has 0 aliphatic carbocycles. The molecule has 134 valence electrons. The zero-order valence-corrected chi connectivity index (χ0v) is 15.3. The number of hydrogen-bond acceptors (Lipinski definition) is 4. The summed E-state index contributed by atoms with van der Waals surface area (Å²) >= 11 is 0. The van der Waals surface area contributed by atoms with E-state index in [0.29, 0.717) is 16.8 Å². The summed E-state index contributed by atoms with van der Waals surface area (Å²) in [6.45, 7) is 5.85. The van der Waals surface area contributed by atoms with Crippen molar-refractivity contribution >= 4 is 11.4 Å². The van der Waals surface area contributed by atoms with Crippen LogP contribution in [-0.4, -0.2) is 18.5 Å². The third kappa shape index (κ3) is 4.70. The smallest absolute Gasteiger partial charge is 0.143 e. The van der Waals surface area contributed by atoms with Crippen LogP contribution >= 0.6 is 0 Å². The molecule has 0 spiro atoms. The molecule has 0 aromatic heterocycles. The first-order valence-electron chi connectivity index (χ1n) is 8.07. The summed E-state index contributed by atoms with van der Waals surface area (Å²) in [6, 6.07) is 10.3. The Morgan fingerprint density at radius 2 is 1.92 bits per heavy atom. The van der Waals surface area contributed by atoms with Crippen LogP contribution in [0.25, 0.3) is 0 Å². The van der Waals surface area contributed by atoms with Crippen molar-refractivity contribution in [2.24, 2.45) is 10.3 Å². The zero-order chi connectivity index (χ0) is 19.1. The molecule has 0 aliphatic heterocycles. The van der Waals surface area contributed by atoms with Gasteiger partial charge in [-0.1, -0.05) is 34.4 Å². The number of hydrogen-bond donors (Lipinski definition) is 0. The predicted molar refractivity (Wildman–Crippen MR) is 102 cm³/mol. The van der Waals surface area contributed by atoms with Gasteiger partial charge in [0, 0.05) is 22.3 Å². The molecule has 26 heavy (non-hydrogen) atoms. The van der Waals surface area contributed by atoms with E-state index in [0.717, 1.165) is 22.4 Å². The largest absolute Gasteiger partial charge is 0.399 e. The van der Waals surface area contributed by atoms with Crippen molar-refractivity contribution < 1.29 is 14.1 Å². The van der Waals surface area contributed by atoms with Crippen molar-refractivity contribution in [2.45, 2.75) is 27.4 Å². The summed E-state index contributed by atoms with van der Waals surface area (Å²) < 4.78 is 13.6. The van der Waals surface area contributed by atoms with Gasteiger partial charge < -0.3 is 9.68 Å². The van der Waals surface area contributed by atoms with E-state index < -0.39 is 5.82 Å². The first-order valence-corrected chi connectivity index (χ1v) is 8.07. The van der Waals surface area contributed by atoms with Crippen LogP contribution in [0, 0.1) is 25.1 Å². The first-order chi connectivity index (χ1) is 12.5. The highest BCUT2D eigenvalue weighted by Gasteiger charge is 2.10. The van der Waals surface area contributed by atoms with Crippen molar-refractivity contribution in [3.05, 3.63) is 70.0 Å². The van der Waals surface area contributed by atoms with Gasteiger partial charge in [0.15, 0.2) is 0 Å². The molecule has 0 saturated heterocycles. The fraction of sp³-hybridized carbons (Fsp3) is 0.238. The fourth-order valence-electron chi connectivity index (χ4n) is 2.55. The van der Waals surface area contributed by atoms with Crippen LogP contribution in [-0.2, 0) is 16.3 Å². The van der Waals surface area contributed by atoms with Gasteiger partial charge in [0.2, 0.25) is 0 Å². The number of halogens is 1. The van der Waals surface area contributed by atoms with Crippen LogP contribution in [0.4, 0.5) is 4.39 Å². The number of terminal acetylenes is 1. The van der Waals surface area contributed by atoms with Crippen molar-refractivity contribution in [3.8, 4) is 12.3 Å². The third-order valence-corrected chi connectivity index (χ3v) is 3.92. The van der Waals surface area contributed by atoms with Gasteiger partial charge in [-0.25, -0.2) is 4.39 Å². The Morgan fingerprint density at radius 1 is 1.15 bits per heavy atom. The molecule has 0 unspecified atom stereocenters. The Hall–Kier alpha value is -3.13. The Kier molecular flexibility index (Phi) is 6.51. The van der Waals surface area contributed by atoms with E-state index in [1.165, 1.54) is 19.2 Å². The summed E-state index contributed by atoms with van der Waals surface area (Å²) in [4.78, 5) is 10.4. The van der Waals surface area contributed by atoms with E-state index in [1.54, 1.807) is 13.0 Å². The topological polar surface area (TPSA) is 43.2 Å². The van der Waals surface area contributed by atoms with Gasteiger partial charge in [0.1, 0.15) is 19.5 Å². The summed E-state index contributed by atoms with van der Waals surface area (Å²) in [5.41, 5.74) is 5.28. The third-order valence-electron chi connectivity index (χ3n) is 3.92. The summed E-state index contributed by atoms with van der Waals surface area (Å²) in [6.07, 6.45) is 5.34. The van der Waals surface area contributed by atoms with Crippen molar-refractivity contribution in [1.29, 1.82) is 0 Å². The normalized spacial score (nSPS) is 11.8. The van der Waals surface area contributed by atoms with Gasteiger partial charge in [0.05, 0.1) is 11.4 Å². The number of oxime groups is 2. The molecule has 0 saturated carbocycles. The molecule has 0 fully saturated rings. The molecule has 0 atom stereocenters. The molecule has 0 radical (unpaired) electrons. The van der Waals surface area contributed by atoms with Crippen LogP contribution < -0.4 is 0 Å². The van der Waals surface area contributed by atoms with E-state index in [9.17, 15) is 4.39 Å². The summed E-state index contributed by atoms with van der Waals surface area (Å²) in [7, 11) is 1.51. The maximum Gasteiger partial charge on any atom is 0.143 e. The second kappa shape index (κ2) is 8.82. The molecule has 0 amide bonds. The van der Waals surface area contributed by atoms with E-state index in [-0.39, 0.29) is 6.61 Å². The van der Waals surface area contributed by atoms with Crippen LogP contribution in [0.15, 0.2) is 46.7 Å². The van der Waals surface area contributed by atoms with Crippen molar-refractivity contribution in [3.63, 3.8) is 0 Å². The van der Waals surface area contributed by atoms with Gasteiger partial charge in [-0.15, -0.1) is 6.42 Å². The van der Waals surface area contributed by atoms with E-state index in [4.69, 9.17) is 16.1 Å². The predicted octanol–water partition coefficient (Wildman–Crippen LogP) is 4.43. The lowest BCUT2D eigenvalue weighted by Crippen LogP contribution is -2.05. The zero-order valence-electron chi connectivity index (χ0n) is 15.3. The minimum atomic E-state index is -0.405. The van der Waals surface area contributed by atoms with Gasteiger partial charge >= 0.3 is 0 Å². The molecule has 0 N–H and O–H groups in total. The van der Waals surface area contributed by atoms with Gasteiger partial charge in [0.25, 0.3) is 0 Å². The lowest BCUT2D eigenvalue weighted by atomic mass is 10.00. The minimum absolute atomic E-state index is 0.257. The Morgan fingerprint density at radius 3 is 2.62 bits per heavy atom. The van der Waals surface area contributed by atoms with E-state index in [2.05, 4.69) is 16.2 Å². The molecule has 5 heteroatoms. The number of aryl methyl sites for hydroxylation is 1. The highest BCUT2D eigenvalue weighted by molar-refractivity contribution is 6.00. The Balaban J connectivity index is 2.22. The molecule has 0 aliphatic rings. The maximum atomic E-state index is 13.6. The molecule has 2 rings (SSSR count). The van der Waals surface area contributed by atoms with Crippen LogP contribution in [0.2, 0.25) is 0 Å². The lowest BCUT2D eigenvalue weighted by Gasteiger charge is -2.11. The Bertz CT molecular complexity index is 895. The SMILES string of the molecule is C#Cc1cc(F)cc(/C(C)=N/OCc2c(C)cccc2/C(C)=N\OC)c1. The second-order valence-corrected chi connectivity index (χ2v) is 5.78. The second-order valence-electron chi connectivity index (χ2n) is 5.78. The number of benzene rings is 2. The summed E-state index contributed by atoms with van der Waals surface area (Å²) in [5.74, 6) is 2.02. The average molecular weight is 352 g/mol. The van der Waals surface area contributed by atoms with Crippen LogP contribution in [0.1, 0.15) is 41.7 Å². The van der Waals surface area contributed by atoms with Crippen molar-refractivity contribution in [1.82, 2.24) is 0 Å². The minimum Gasteiger partial charge on any atom is -0.399 e. The molecule has 0 heterocycles. The number of rotatable bonds is 6. The highest BCUT2D eigenvalue weighted by atomic mass is 19.1. The molecule has 0 bridgehead atoms. The van der Waals surface area contributed by atoms with Gasteiger partial charge in [-0.05, 0) is 44.5 Å². The molecular weight excluding hydrogens is 331 g/mol. The maximum absolute atomic E-state index is 13.6. The van der Waals surface area contributed by atoms with Crippen LogP contribution in [0.5, 0.6) is 0 Å². The molecule has 2 aromatic rings. The lowest BCUT2D eigenvalue weighted by molar-refractivity contribution is 0.130.